The largest absolute Gasteiger partial charge is 0.342 e. The molecule has 0 spiro atoms. The molecule has 0 aromatic carbocycles. The lowest BCUT2D eigenvalue weighted by atomic mass is 9.97. The SMILES string of the molecule is CCCC(=O)N1CCC[C@H](c2nc(Cc3csc(C)n3)no2)C1. The van der Waals surface area contributed by atoms with Crippen molar-refractivity contribution in [2.45, 2.75) is 51.9 Å². The number of carbonyl (C=O) groups excluding carboxylic acids is 1. The number of aromatic nitrogens is 3. The van der Waals surface area contributed by atoms with E-state index in [0.717, 1.165) is 36.5 Å². The molecule has 1 atom stereocenters. The van der Waals surface area contributed by atoms with Gasteiger partial charge in [0, 0.05) is 24.9 Å². The molecule has 7 heteroatoms. The predicted molar refractivity (Wildman–Crippen MR) is 87.4 cm³/mol. The lowest BCUT2D eigenvalue weighted by molar-refractivity contribution is -0.132. The standard InChI is InChI=1S/C16H22N4O2S/c1-3-5-15(21)20-7-4-6-12(9-20)16-18-14(19-22-16)8-13-10-23-11(2)17-13/h10,12H,3-9H2,1-2H3/t12-/m0/s1. The minimum absolute atomic E-state index is 0.156. The number of amides is 1. The Balaban J connectivity index is 1.64. The quantitative estimate of drug-likeness (QED) is 0.840. The zero-order chi connectivity index (χ0) is 16.2. The molecule has 2 aromatic rings. The summed E-state index contributed by atoms with van der Waals surface area (Å²) in [4.78, 5) is 23.0. The summed E-state index contributed by atoms with van der Waals surface area (Å²) in [6.07, 6.45) is 4.08. The first-order chi connectivity index (χ1) is 11.2. The molecule has 1 saturated heterocycles. The van der Waals surface area contributed by atoms with Gasteiger partial charge in [-0.05, 0) is 26.2 Å². The van der Waals surface area contributed by atoms with Crippen LogP contribution in [0.3, 0.4) is 0 Å². The van der Waals surface area contributed by atoms with Gasteiger partial charge in [-0.2, -0.15) is 4.98 Å². The molecule has 124 valence electrons. The van der Waals surface area contributed by atoms with Crippen molar-refractivity contribution in [1.82, 2.24) is 20.0 Å². The minimum Gasteiger partial charge on any atom is -0.342 e. The maximum atomic E-state index is 12.1. The van der Waals surface area contributed by atoms with Gasteiger partial charge in [0.1, 0.15) is 0 Å². The second kappa shape index (κ2) is 7.21. The van der Waals surface area contributed by atoms with Gasteiger partial charge in [-0.1, -0.05) is 12.1 Å². The van der Waals surface area contributed by atoms with Crippen molar-refractivity contribution >= 4 is 17.2 Å². The molecule has 3 heterocycles. The van der Waals surface area contributed by atoms with E-state index in [1.807, 2.05) is 24.1 Å². The van der Waals surface area contributed by atoms with Crippen molar-refractivity contribution in [1.29, 1.82) is 0 Å². The van der Waals surface area contributed by atoms with E-state index in [-0.39, 0.29) is 11.8 Å². The van der Waals surface area contributed by atoms with Gasteiger partial charge in [0.05, 0.1) is 23.0 Å². The topological polar surface area (TPSA) is 72.1 Å². The van der Waals surface area contributed by atoms with E-state index in [1.54, 1.807) is 11.3 Å². The number of nitrogens with zero attached hydrogens (tertiary/aromatic N) is 4. The first-order valence-electron chi connectivity index (χ1n) is 8.17. The van der Waals surface area contributed by atoms with Gasteiger partial charge in [-0.15, -0.1) is 11.3 Å². The zero-order valence-corrected chi connectivity index (χ0v) is 14.4. The van der Waals surface area contributed by atoms with Crippen molar-refractivity contribution in [2.24, 2.45) is 0 Å². The smallest absolute Gasteiger partial charge is 0.231 e. The van der Waals surface area contributed by atoms with Gasteiger partial charge in [-0.3, -0.25) is 4.79 Å². The first kappa shape index (κ1) is 16.1. The lowest BCUT2D eigenvalue weighted by Crippen LogP contribution is -2.39. The van der Waals surface area contributed by atoms with E-state index in [4.69, 9.17) is 4.52 Å². The van der Waals surface area contributed by atoms with Crippen molar-refractivity contribution in [3.8, 4) is 0 Å². The second-order valence-corrected chi connectivity index (χ2v) is 7.07. The number of hydrogen-bond donors (Lipinski definition) is 0. The van der Waals surface area contributed by atoms with E-state index in [0.29, 0.717) is 31.1 Å². The summed E-state index contributed by atoms with van der Waals surface area (Å²) in [5, 5.41) is 7.14. The monoisotopic (exact) mass is 334 g/mol. The third kappa shape index (κ3) is 3.96. The molecule has 0 radical (unpaired) electrons. The van der Waals surface area contributed by atoms with Crippen LogP contribution >= 0.6 is 11.3 Å². The third-order valence-corrected chi connectivity index (χ3v) is 4.90. The van der Waals surface area contributed by atoms with E-state index >= 15 is 0 Å². The van der Waals surface area contributed by atoms with Gasteiger partial charge in [0.2, 0.25) is 11.8 Å². The van der Waals surface area contributed by atoms with Crippen LogP contribution in [0.1, 0.15) is 60.9 Å². The molecule has 1 amide bonds. The molecule has 0 aliphatic carbocycles. The van der Waals surface area contributed by atoms with Gasteiger partial charge in [0.25, 0.3) is 0 Å². The highest BCUT2D eigenvalue weighted by Gasteiger charge is 2.28. The Morgan fingerprint density at radius 1 is 1.48 bits per heavy atom. The summed E-state index contributed by atoms with van der Waals surface area (Å²) in [6.45, 7) is 5.55. The number of thiazole rings is 1. The summed E-state index contributed by atoms with van der Waals surface area (Å²) >= 11 is 1.63. The van der Waals surface area contributed by atoms with Crippen molar-refractivity contribution in [3.63, 3.8) is 0 Å². The molecule has 0 N–H and O–H groups in total. The third-order valence-electron chi connectivity index (χ3n) is 4.08. The molecule has 23 heavy (non-hydrogen) atoms. The Bertz CT molecular complexity index is 667. The summed E-state index contributed by atoms with van der Waals surface area (Å²) < 4.78 is 5.45. The maximum Gasteiger partial charge on any atom is 0.231 e. The van der Waals surface area contributed by atoms with E-state index in [9.17, 15) is 4.79 Å². The fraction of sp³-hybridized carbons (Fsp3) is 0.625. The van der Waals surface area contributed by atoms with E-state index in [2.05, 4.69) is 15.1 Å². The Labute approximate surface area is 139 Å². The summed E-state index contributed by atoms with van der Waals surface area (Å²) in [6, 6.07) is 0. The van der Waals surface area contributed by atoms with E-state index < -0.39 is 0 Å². The Morgan fingerprint density at radius 3 is 3.09 bits per heavy atom. The normalized spacial score (nSPS) is 18.3. The molecule has 0 bridgehead atoms. The number of rotatable bonds is 5. The minimum atomic E-state index is 0.156. The number of aryl methyl sites for hydroxylation is 1. The first-order valence-corrected chi connectivity index (χ1v) is 9.05. The molecule has 0 saturated carbocycles. The summed E-state index contributed by atoms with van der Waals surface area (Å²) in [5.74, 6) is 1.71. The molecular weight excluding hydrogens is 312 g/mol. The van der Waals surface area contributed by atoms with Gasteiger partial charge >= 0.3 is 0 Å². The van der Waals surface area contributed by atoms with Gasteiger partial charge < -0.3 is 9.42 Å². The van der Waals surface area contributed by atoms with Crippen LogP contribution < -0.4 is 0 Å². The van der Waals surface area contributed by atoms with Crippen molar-refractivity contribution in [2.75, 3.05) is 13.1 Å². The average Bonchev–Trinajstić information content (AvgIpc) is 3.17. The maximum absolute atomic E-state index is 12.1. The highest BCUT2D eigenvalue weighted by Crippen LogP contribution is 2.26. The molecule has 1 aliphatic rings. The number of hydrogen-bond acceptors (Lipinski definition) is 6. The molecule has 1 fully saturated rings. The highest BCUT2D eigenvalue weighted by molar-refractivity contribution is 7.09. The highest BCUT2D eigenvalue weighted by atomic mass is 32.1. The van der Waals surface area contributed by atoms with Crippen LogP contribution in [0.2, 0.25) is 0 Å². The molecule has 2 aromatic heterocycles. The Hall–Kier alpha value is -1.76. The second-order valence-electron chi connectivity index (χ2n) is 6.01. The van der Waals surface area contributed by atoms with Crippen LogP contribution in [-0.2, 0) is 11.2 Å². The Kier molecular flexibility index (Phi) is 5.05. The van der Waals surface area contributed by atoms with E-state index in [1.165, 1.54) is 0 Å². The zero-order valence-electron chi connectivity index (χ0n) is 13.6. The van der Waals surface area contributed by atoms with Crippen LogP contribution in [0.25, 0.3) is 0 Å². The molecular formula is C16H22N4O2S. The summed E-state index contributed by atoms with van der Waals surface area (Å²) in [5.41, 5.74) is 0.975. The molecule has 0 unspecified atom stereocenters. The van der Waals surface area contributed by atoms with Gasteiger partial charge in [0.15, 0.2) is 5.82 Å². The Morgan fingerprint density at radius 2 is 2.35 bits per heavy atom. The average molecular weight is 334 g/mol. The van der Waals surface area contributed by atoms with Crippen LogP contribution in [-0.4, -0.2) is 39.0 Å². The van der Waals surface area contributed by atoms with Crippen LogP contribution in [0.15, 0.2) is 9.90 Å². The van der Waals surface area contributed by atoms with Gasteiger partial charge in [-0.25, -0.2) is 4.98 Å². The van der Waals surface area contributed by atoms with Crippen molar-refractivity contribution in [3.05, 3.63) is 27.8 Å². The fourth-order valence-corrected chi connectivity index (χ4v) is 3.55. The van der Waals surface area contributed by atoms with Crippen molar-refractivity contribution < 1.29 is 9.32 Å². The molecule has 1 aliphatic heterocycles. The van der Waals surface area contributed by atoms with Crippen LogP contribution in [0.5, 0.6) is 0 Å². The van der Waals surface area contributed by atoms with Crippen LogP contribution in [0.4, 0.5) is 0 Å². The predicted octanol–water partition coefficient (Wildman–Crippen LogP) is 2.93. The van der Waals surface area contributed by atoms with Crippen LogP contribution in [0, 0.1) is 6.92 Å². The molecule has 6 nitrogen and oxygen atoms in total. The number of likely N-dealkylation sites (tertiary alicyclic amines) is 1. The fourth-order valence-electron chi connectivity index (χ4n) is 2.93. The molecule has 3 rings (SSSR count). The number of carbonyl (C=O) groups is 1. The lowest BCUT2D eigenvalue weighted by Gasteiger charge is -2.31. The summed E-state index contributed by atoms with van der Waals surface area (Å²) in [7, 11) is 0. The number of piperidine rings is 1.